The number of methoxy groups -OCH3 is 1. The van der Waals surface area contributed by atoms with E-state index in [2.05, 4.69) is 11.4 Å². The highest BCUT2D eigenvalue weighted by molar-refractivity contribution is 5.46. The van der Waals surface area contributed by atoms with Crippen LogP contribution in [0.4, 0.5) is 5.69 Å². The van der Waals surface area contributed by atoms with Gasteiger partial charge < -0.3 is 10.1 Å². The molecule has 0 aliphatic heterocycles. The van der Waals surface area contributed by atoms with Crippen LogP contribution in [-0.2, 0) is 11.2 Å². The predicted molar refractivity (Wildman–Crippen MR) is 72.4 cm³/mol. The number of hydrogen-bond acceptors (Lipinski definition) is 3. The van der Waals surface area contributed by atoms with Gasteiger partial charge in [-0.25, -0.2) is 0 Å². The minimum Gasteiger partial charge on any atom is -0.380 e. The van der Waals surface area contributed by atoms with E-state index in [-0.39, 0.29) is 0 Å². The summed E-state index contributed by atoms with van der Waals surface area (Å²) in [4.78, 5) is 0. The lowest BCUT2D eigenvalue weighted by Crippen LogP contribution is -2.37. The van der Waals surface area contributed by atoms with Gasteiger partial charge in [0, 0.05) is 12.8 Å². The number of ether oxygens (including phenoxy) is 1. The summed E-state index contributed by atoms with van der Waals surface area (Å²) >= 11 is 0. The molecule has 1 aromatic rings. The third-order valence-corrected chi connectivity index (χ3v) is 3.59. The lowest BCUT2D eigenvalue weighted by molar-refractivity contribution is 0.0606. The number of anilines is 1. The van der Waals surface area contributed by atoms with E-state index in [0.29, 0.717) is 18.6 Å². The Hall–Kier alpha value is -1.53. The molecule has 18 heavy (non-hydrogen) atoms. The zero-order valence-corrected chi connectivity index (χ0v) is 10.9. The zero-order valence-electron chi connectivity index (χ0n) is 10.9. The second-order valence-electron chi connectivity index (χ2n) is 4.84. The molecule has 1 aliphatic rings. The molecule has 0 aromatic heterocycles. The molecule has 1 saturated carbocycles. The molecular formula is C15H20N2O. The van der Waals surface area contributed by atoms with Gasteiger partial charge in [-0.05, 0) is 30.5 Å². The largest absolute Gasteiger partial charge is 0.380 e. The average molecular weight is 244 g/mol. The van der Waals surface area contributed by atoms with Gasteiger partial charge in [0.1, 0.15) is 0 Å². The molecule has 1 N–H and O–H groups in total. The van der Waals surface area contributed by atoms with Gasteiger partial charge in [0.25, 0.3) is 0 Å². The van der Waals surface area contributed by atoms with Crippen molar-refractivity contribution in [3.63, 3.8) is 0 Å². The summed E-state index contributed by atoms with van der Waals surface area (Å²) in [5.74, 6) is 0. The molecule has 0 radical (unpaired) electrons. The van der Waals surface area contributed by atoms with E-state index in [9.17, 15) is 0 Å². The van der Waals surface area contributed by atoms with E-state index in [1.54, 1.807) is 7.11 Å². The van der Waals surface area contributed by atoms with Crippen molar-refractivity contribution in [2.24, 2.45) is 0 Å². The third kappa shape index (κ3) is 3.24. The summed E-state index contributed by atoms with van der Waals surface area (Å²) in [6.45, 7) is 0. The van der Waals surface area contributed by atoms with Gasteiger partial charge >= 0.3 is 0 Å². The molecule has 96 valence electrons. The van der Waals surface area contributed by atoms with Crippen molar-refractivity contribution in [1.82, 2.24) is 0 Å². The molecular weight excluding hydrogens is 224 g/mol. The molecule has 0 amide bonds. The average Bonchev–Trinajstić information content (AvgIpc) is 2.42. The predicted octanol–water partition coefficient (Wildman–Crippen LogP) is 3.12. The fourth-order valence-electron chi connectivity index (χ4n) is 2.57. The Labute approximate surface area is 109 Å². The normalized spacial score (nSPS) is 23.3. The molecule has 0 bridgehead atoms. The molecule has 0 spiro atoms. The standard InChI is InChI=1S/C15H20N2O/c1-18-15-5-3-2-4-14(15)17-13-8-6-12(7-9-13)10-11-16/h6-9,14-15,17H,2-5,10H2,1H3. The van der Waals surface area contributed by atoms with Crippen LogP contribution in [0, 0.1) is 11.3 Å². The van der Waals surface area contributed by atoms with E-state index in [4.69, 9.17) is 10.00 Å². The number of nitriles is 1. The van der Waals surface area contributed by atoms with Crippen molar-refractivity contribution >= 4 is 5.69 Å². The molecule has 1 aliphatic carbocycles. The number of nitrogens with one attached hydrogen (secondary N) is 1. The number of rotatable bonds is 4. The Kier molecular flexibility index (Phi) is 4.60. The Morgan fingerprint density at radius 2 is 2.00 bits per heavy atom. The summed E-state index contributed by atoms with van der Waals surface area (Å²) < 4.78 is 5.53. The van der Waals surface area contributed by atoms with Crippen molar-refractivity contribution in [2.75, 3.05) is 12.4 Å². The first-order chi connectivity index (χ1) is 8.83. The second kappa shape index (κ2) is 6.42. The minimum atomic E-state index is 0.317. The first-order valence-corrected chi connectivity index (χ1v) is 6.58. The molecule has 1 fully saturated rings. The molecule has 0 saturated heterocycles. The maximum absolute atomic E-state index is 8.63. The fourth-order valence-corrected chi connectivity index (χ4v) is 2.57. The van der Waals surface area contributed by atoms with Crippen LogP contribution in [0.1, 0.15) is 31.2 Å². The maximum Gasteiger partial charge on any atom is 0.0772 e. The summed E-state index contributed by atoms with van der Waals surface area (Å²) in [6.07, 6.45) is 5.63. The minimum absolute atomic E-state index is 0.317. The lowest BCUT2D eigenvalue weighted by atomic mass is 9.92. The van der Waals surface area contributed by atoms with Crippen molar-refractivity contribution in [2.45, 2.75) is 44.2 Å². The maximum atomic E-state index is 8.63. The van der Waals surface area contributed by atoms with E-state index in [1.165, 1.54) is 19.3 Å². The third-order valence-electron chi connectivity index (χ3n) is 3.59. The Morgan fingerprint density at radius 1 is 1.28 bits per heavy atom. The highest BCUT2D eigenvalue weighted by Crippen LogP contribution is 2.24. The summed E-state index contributed by atoms with van der Waals surface area (Å²) in [5.41, 5.74) is 2.18. The van der Waals surface area contributed by atoms with Gasteiger partial charge in [-0.2, -0.15) is 5.26 Å². The smallest absolute Gasteiger partial charge is 0.0772 e. The van der Waals surface area contributed by atoms with E-state index < -0.39 is 0 Å². The lowest BCUT2D eigenvalue weighted by Gasteiger charge is -2.31. The van der Waals surface area contributed by atoms with Crippen LogP contribution in [0.15, 0.2) is 24.3 Å². The van der Waals surface area contributed by atoms with Crippen LogP contribution in [0.2, 0.25) is 0 Å². The van der Waals surface area contributed by atoms with Crippen molar-refractivity contribution in [3.8, 4) is 6.07 Å². The van der Waals surface area contributed by atoms with Crippen LogP contribution in [-0.4, -0.2) is 19.3 Å². The molecule has 2 rings (SSSR count). The van der Waals surface area contributed by atoms with Crippen molar-refractivity contribution in [3.05, 3.63) is 29.8 Å². The van der Waals surface area contributed by atoms with Gasteiger partial charge in [-0.1, -0.05) is 25.0 Å². The molecule has 2 unspecified atom stereocenters. The van der Waals surface area contributed by atoms with E-state index in [1.807, 2.05) is 24.3 Å². The van der Waals surface area contributed by atoms with Crippen molar-refractivity contribution in [1.29, 1.82) is 5.26 Å². The number of benzene rings is 1. The highest BCUT2D eigenvalue weighted by Gasteiger charge is 2.24. The SMILES string of the molecule is COC1CCCCC1Nc1ccc(CC#N)cc1. The van der Waals surface area contributed by atoms with Crippen molar-refractivity contribution < 1.29 is 4.74 Å². The van der Waals surface area contributed by atoms with Crippen LogP contribution < -0.4 is 5.32 Å². The van der Waals surface area contributed by atoms with Gasteiger partial charge in [0.05, 0.1) is 24.6 Å². The fraction of sp³-hybridized carbons (Fsp3) is 0.533. The molecule has 3 nitrogen and oxygen atoms in total. The van der Waals surface area contributed by atoms with Gasteiger partial charge in [0.15, 0.2) is 0 Å². The van der Waals surface area contributed by atoms with Crippen LogP contribution in [0.5, 0.6) is 0 Å². The number of hydrogen-bond donors (Lipinski definition) is 1. The first-order valence-electron chi connectivity index (χ1n) is 6.58. The second-order valence-corrected chi connectivity index (χ2v) is 4.84. The Bertz CT molecular complexity index is 407. The Morgan fingerprint density at radius 3 is 2.67 bits per heavy atom. The first kappa shape index (κ1) is 12.9. The van der Waals surface area contributed by atoms with Gasteiger partial charge in [-0.15, -0.1) is 0 Å². The monoisotopic (exact) mass is 244 g/mol. The summed E-state index contributed by atoms with van der Waals surface area (Å²) in [5, 5.41) is 12.2. The zero-order chi connectivity index (χ0) is 12.8. The quantitative estimate of drug-likeness (QED) is 0.885. The molecule has 2 atom stereocenters. The summed E-state index contributed by atoms with van der Waals surface area (Å²) in [6, 6.07) is 10.7. The molecule has 1 aromatic carbocycles. The van der Waals surface area contributed by atoms with E-state index >= 15 is 0 Å². The molecule has 3 heteroatoms. The van der Waals surface area contributed by atoms with Crippen LogP contribution >= 0.6 is 0 Å². The van der Waals surface area contributed by atoms with Crippen LogP contribution in [0.25, 0.3) is 0 Å². The van der Waals surface area contributed by atoms with E-state index in [0.717, 1.165) is 17.7 Å². The van der Waals surface area contributed by atoms with Gasteiger partial charge in [0.2, 0.25) is 0 Å². The van der Waals surface area contributed by atoms with Gasteiger partial charge in [-0.3, -0.25) is 0 Å². The Balaban J connectivity index is 1.97. The highest BCUT2D eigenvalue weighted by atomic mass is 16.5. The van der Waals surface area contributed by atoms with Crippen LogP contribution in [0.3, 0.4) is 0 Å². The summed E-state index contributed by atoms with van der Waals surface area (Å²) in [7, 11) is 1.79. The topological polar surface area (TPSA) is 45.0 Å². The molecule has 0 heterocycles. The number of nitrogens with zero attached hydrogens (tertiary/aromatic N) is 1.